The van der Waals surface area contributed by atoms with Crippen molar-refractivity contribution < 1.29 is 5.11 Å². The van der Waals surface area contributed by atoms with E-state index < -0.39 is 0 Å². The minimum atomic E-state index is -0.113. The fourth-order valence-electron chi connectivity index (χ4n) is 1.12. The predicted octanol–water partition coefficient (Wildman–Crippen LogP) is 2.02. The van der Waals surface area contributed by atoms with Gasteiger partial charge in [-0.2, -0.15) is 0 Å². The first-order chi connectivity index (χ1) is 7.20. The summed E-state index contributed by atoms with van der Waals surface area (Å²) in [5.41, 5.74) is 1.36. The quantitative estimate of drug-likeness (QED) is 0.854. The molecule has 78 valence electrons. The van der Waals surface area contributed by atoms with E-state index in [2.05, 4.69) is 32.9 Å². The zero-order valence-electron chi connectivity index (χ0n) is 7.56. The third-order valence-electron chi connectivity index (χ3n) is 1.87. The van der Waals surface area contributed by atoms with Gasteiger partial charge in [0.1, 0.15) is 5.69 Å². The number of aliphatic hydroxyl groups excluding tert-OH is 1. The van der Waals surface area contributed by atoms with Crippen LogP contribution >= 0.6 is 34.2 Å². The highest BCUT2D eigenvalue weighted by Crippen LogP contribution is 2.21. The van der Waals surface area contributed by atoms with E-state index in [0.717, 1.165) is 9.26 Å². The number of halogens is 2. The Morgan fingerprint density at radius 3 is 2.87 bits per heavy atom. The van der Waals surface area contributed by atoms with Crippen LogP contribution in [-0.4, -0.2) is 20.1 Å². The molecule has 2 aromatic rings. The lowest BCUT2D eigenvalue weighted by Crippen LogP contribution is -1.95. The van der Waals surface area contributed by atoms with Gasteiger partial charge in [0.15, 0.2) is 0 Å². The van der Waals surface area contributed by atoms with Crippen molar-refractivity contribution in [3.8, 4) is 5.69 Å². The van der Waals surface area contributed by atoms with Gasteiger partial charge in [-0.05, 0) is 40.8 Å². The van der Waals surface area contributed by atoms with Crippen LogP contribution in [0.25, 0.3) is 5.69 Å². The fourth-order valence-corrected chi connectivity index (χ4v) is 1.63. The van der Waals surface area contributed by atoms with Gasteiger partial charge in [-0.25, -0.2) is 4.68 Å². The highest BCUT2D eigenvalue weighted by molar-refractivity contribution is 14.1. The lowest BCUT2D eigenvalue weighted by molar-refractivity contribution is 0.276. The molecule has 0 fully saturated rings. The molecule has 0 aliphatic carbocycles. The molecule has 0 saturated heterocycles. The topological polar surface area (TPSA) is 50.9 Å². The van der Waals surface area contributed by atoms with Crippen molar-refractivity contribution in [2.75, 3.05) is 0 Å². The molecule has 6 heteroatoms. The van der Waals surface area contributed by atoms with Crippen LogP contribution in [0.15, 0.2) is 24.4 Å². The summed E-state index contributed by atoms with van der Waals surface area (Å²) >= 11 is 8.14. The Bertz CT molecular complexity index is 486. The maximum atomic E-state index is 8.85. The Labute approximate surface area is 105 Å². The molecule has 0 aliphatic rings. The maximum Gasteiger partial charge on any atom is 0.109 e. The van der Waals surface area contributed by atoms with E-state index in [1.165, 1.54) is 0 Å². The maximum absolute atomic E-state index is 8.85. The molecular formula is C9H7ClIN3O. The second-order valence-electron chi connectivity index (χ2n) is 2.91. The molecule has 1 heterocycles. The molecule has 0 spiro atoms. The zero-order valence-corrected chi connectivity index (χ0v) is 10.5. The van der Waals surface area contributed by atoms with Gasteiger partial charge >= 0.3 is 0 Å². The molecule has 2 rings (SSSR count). The van der Waals surface area contributed by atoms with Crippen molar-refractivity contribution >= 4 is 34.2 Å². The third-order valence-corrected chi connectivity index (χ3v) is 3.44. The second kappa shape index (κ2) is 4.46. The fraction of sp³-hybridized carbons (Fsp3) is 0.111. The molecule has 0 amide bonds. The summed E-state index contributed by atoms with van der Waals surface area (Å²) in [5, 5.41) is 17.2. The summed E-state index contributed by atoms with van der Waals surface area (Å²) in [6, 6.07) is 5.60. The first-order valence-corrected chi connectivity index (χ1v) is 5.64. The average Bonchev–Trinajstić information content (AvgIpc) is 2.70. The number of rotatable bonds is 2. The standard InChI is InChI=1S/C9H7ClIN3O/c10-8-3-7(1-2-9(8)11)14-4-6(5-15)12-13-14/h1-4,15H,5H2. The van der Waals surface area contributed by atoms with Crippen LogP contribution in [0.1, 0.15) is 5.69 Å². The molecule has 1 aromatic carbocycles. The molecule has 0 bridgehead atoms. The molecule has 0 unspecified atom stereocenters. The molecule has 0 atom stereocenters. The summed E-state index contributed by atoms with van der Waals surface area (Å²) in [6.45, 7) is -0.113. The van der Waals surface area contributed by atoms with Gasteiger partial charge in [0.25, 0.3) is 0 Å². The van der Waals surface area contributed by atoms with E-state index >= 15 is 0 Å². The molecule has 4 nitrogen and oxygen atoms in total. The van der Waals surface area contributed by atoms with E-state index in [4.69, 9.17) is 16.7 Å². The summed E-state index contributed by atoms with van der Waals surface area (Å²) < 4.78 is 2.56. The van der Waals surface area contributed by atoms with Gasteiger partial charge in [0, 0.05) is 3.57 Å². The number of hydrogen-bond acceptors (Lipinski definition) is 3. The Morgan fingerprint density at radius 1 is 1.47 bits per heavy atom. The van der Waals surface area contributed by atoms with Crippen LogP contribution in [0.3, 0.4) is 0 Å². The number of benzene rings is 1. The molecule has 0 aliphatic heterocycles. The van der Waals surface area contributed by atoms with Crippen LogP contribution in [-0.2, 0) is 6.61 Å². The van der Waals surface area contributed by atoms with Crippen molar-refractivity contribution in [2.45, 2.75) is 6.61 Å². The summed E-state index contributed by atoms with van der Waals surface area (Å²) in [7, 11) is 0. The molecule has 0 radical (unpaired) electrons. The van der Waals surface area contributed by atoms with E-state index in [-0.39, 0.29) is 6.61 Å². The molecule has 15 heavy (non-hydrogen) atoms. The Balaban J connectivity index is 2.40. The van der Waals surface area contributed by atoms with Crippen molar-refractivity contribution in [1.82, 2.24) is 15.0 Å². The predicted molar refractivity (Wildman–Crippen MR) is 65.0 cm³/mol. The van der Waals surface area contributed by atoms with E-state index in [0.29, 0.717) is 10.7 Å². The lowest BCUT2D eigenvalue weighted by atomic mass is 10.3. The lowest BCUT2D eigenvalue weighted by Gasteiger charge is -2.01. The number of aliphatic hydroxyl groups is 1. The minimum absolute atomic E-state index is 0.113. The van der Waals surface area contributed by atoms with Gasteiger partial charge in [-0.1, -0.05) is 16.8 Å². The summed E-state index contributed by atoms with van der Waals surface area (Å²) in [5.74, 6) is 0. The van der Waals surface area contributed by atoms with Crippen LogP contribution < -0.4 is 0 Å². The van der Waals surface area contributed by atoms with Crippen LogP contribution in [0.4, 0.5) is 0 Å². The zero-order chi connectivity index (χ0) is 10.8. The Kier molecular flexibility index (Phi) is 3.22. The SMILES string of the molecule is OCc1cn(-c2ccc(I)c(Cl)c2)nn1. The van der Waals surface area contributed by atoms with Crippen LogP contribution in [0.5, 0.6) is 0 Å². The van der Waals surface area contributed by atoms with Crippen LogP contribution in [0.2, 0.25) is 5.02 Å². The van der Waals surface area contributed by atoms with E-state index in [1.54, 1.807) is 16.9 Å². The summed E-state index contributed by atoms with van der Waals surface area (Å²) in [6.07, 6.45) is 1.67. The largest absolute Gasteiger partial charge is 0.390 e. The van der Waals surface area contributed by atoms with Crippen molar-refractivity contribution in [1.29, 1.82) is 0 Å². The Morgan fingerprint density at radius 2 is 2.27 bits per heavy atom. The second-order valence-corrected chi connectivity index (χ2v) is 4.48. The number of hydrogen-bond donors (Lipinski definition) is 1. The first kappa shape index (κ1) is 10.8. The van der Waals surface area contributed by atoms with Gasteiger partial charge in [0.2, 0.25) is 0 Å². The molecule has 1 aromatic heterocycles. The van der Waals surface area contributed by atoms with Crippen LogP contribution in [0, 0.1) is 3.57 Å². The monoisotopic (exact) mass is 335 g/mol. The molecular weight excluding hydrogens is 328 g/mol. The first-order valence-electron chi connectivity index (χ1n) is 4.18. The summed E-state index contributed by atoms with van der Waals surface area (Å²) in [4.78, 5) is 0. The normalized spacial score (nSPS) is 10.6. The van der Waals surface area contributed by atoms with Gasteiger partial charge in [0.05, 0.1) is 23.5 Å². The van der Waals surface area contributed by atoms with Crippen molar-refractivity contribution in [2.24, 2.45) is 0 Å². The average molecular weight is 336 g/mol. The van der Waals surface area contributed by atoms with E-state index in [1.807, 2.05) is 12.1 Å². The van der Waals surface area contributed by atoms with E-state index in [9.17, 15) is 0 Å². The highest BCUT2D eigenvalue weighted by Gasteiger charge is 2.03. The highest BCUT2D eigenvalue weighted by atomic mass is 127. The van der Waals surface area contributed by atoms with Crippen molar-refractivity contribution in [3.63, 3.8) is 0 Å². The number of nitrogens with zero attached hydrogens (tertiary/aromatic N) is 3. The third kappa shape index (κ3) is 2.30. The molecule has 1 N–H and O–H groups in total. The van der Waals surface area contributed by atoms with Gasteiger partial charge in [-0.15, -0.1) is 5.10 Å². The Hall–Kier alpha value is -0.660. The van der Waals surface area contributed by atoms with Gasteiger partial charge < -0.3 is 5.11 Å². The minimum Gasteiger partial charge on any atom is -0.390 e. The molecule has 0 saturated carbocycles. The number of aromatic nitrogens is 3. The van der Waals surface area contributed by atoms with Gasteiger partial charge in [-0.3, -0.25) is 0 Å². The van der Waals surface area contributed by atoms with Crippen molar-refractivity contribution in [3.05, 3.63) is 38.7 Å². The smallest absolute Gasteiger partial charge is 0.109 e.